The summed E-state index contributed by atoms with van der Waals surface area (Å²) in [6.45, 7) is 0.551. The van der Waals surface area contributed by atoms with Crippen LogP contribution in [0.1, 0.15) is 5.56 Å². The van der Waals surface area contributed by atoms with Gasteiger partial charge < -0.3 is 5.32 Å². The van der Waals surface area contributed by atoms with E-state index >= 15 is 0 Å². The van der Waals surface area contributed by atoms with Crippen molar-refractivity contribution in [1.82, 2.24) is 14.5 Å². The Bertz CT molecular complexity index is 1260. The number of halogens is 2. The van der Waals surface area contributed by atoms with Crippen molar-refractivity contribution >= 4 is 17.5 Å². The average molecular weight is 435 g/mol. The lowest BCUT2D eigenvalue weighted by atomic mass is 10.0. The zero-order valence-corrected chi connectivity index (χ0v) is 17.6. The van der Waals surface area contributed by atoms with Crippen LogP contribution in [0.5, 0.6) is 0 Å². The molecule has 0 amide bonds. The zero-order valence-electron chi connectivity index (χ0n) is 16.8. The molecule has 1 N–H and O–H groups in total. The summed E-state index contributed by atoms with van der Waals surface area (Å²) in [5, 5.41) is 3.95. The maximum atomic E-state index is 13.5. The van der Waals surface area contributed by atoms with E-state index in [4.69, 9.17) is 16.6 Å². The molecule has 4 rings (SSSR count). The van der Waals surface area contributed by atoms with Crippen molar-refractivity contribution in [3.63, 3.8) is 0 Å². The van der Waals surface area contributed by atoms with Gasteiger partial charge >= 0.3 is 0 Å². The minimum atomic E-state index is -0.364. The fourth-order valence-electron chi connectivity index (χ4n) is 3.37. The van der Waals surface area contributed by atoms with Gasteiger partial charge in [0.1, 0.15) is 5.82 Å². The van der Waals surface area contributed by atoms with Gasteiger partial charge in [-0.1, -0.05) is 41.9 Å². The summed E-state index contributed by atoms with van der Waals surface area (Å²) in [4.78, 5) is 22.1. The fourth-order valence-corrected chi connectivity index (χ4v) is 3.60. The largest absolute Gasteiger partial charge is 0.355 e. The van der Waals surface area contributed by atoms with Gasteiger partial charge in [0.05, 0.1) is 11.3 Å². The third kappa shape index (κ3) is 4.49. The smallest absolute Gasteiger partial charge is 0.263 e. The number of aromatic nitrogens is 3. The molecule has 0 saturated carbocycles. The van der Waals surface area contributed by atoms with E-state index in [9.17, 15) is 9.18 Å². The van der Waals surface area contributed by atoms with Crippen molar-refractivity contribution in [1.29, 1.82) is 0 Å². The lowest BCUT2D eigenvalue weighted by Gasteiger charge is -2.16. The van der Waals surface area contributed by atoms with Gasteiger partial charge in [0.15, 0.2) is 0 Å². The van der Waals surface area contributed by atoms with E-state index in [2.05, 4.69) is 10.3 Å². The monoisotopic (exact) mass is 434 g/mol. The van der Waals surface area contributed by atoms with Crippen LogP contribution < -0.4 is 10.9 Å². The molecule has 0 fully saturated rings. The quantitative estimate of drug-likeness (QED) is 0.466. The minimum Gasteiger partial charge on any atom is -0.355 e. The second-order valence-electron chi connectivity index (χ2n) is 7.03. The van der Waals surface area contributed by atoms with E-state index in [1.54, 1.807) is 43.7 Å². The number of rotatable bonds is 6. The molecule has 2 aromatic carbocycles. The number of nitrogens with one attached hydrogen (secondary N) is 1. The Hall–Kier alpha value is -3.51. The minimum absolute atomic E-state index is 0.228. The molecule has 2 aromatic heterocycles. The highest BCUT2D eigenvalue weighted by Gasteiger charge is 2.18. The van der Waals surface area contributed by atoms with Crippen LogP contribution in [-0.2, 0) is 13.5 Å². The van der Waals surface area contributed by atoms with Crippen LogP contribution in [0, 0.1) is 5.82 Å². The van der Waals surface area contributed by atoms with Crippen LogP contribution in [0.15, 0.2) is 77.9 Å². The molecule has 7 heteroatoms. The second kappa shape index (κ2) is 9.10. The molecule has 0 aliphatic rings. The van der Waals surface area contributed by atoms with E-state index in [0.29, 0.717) is 40.8 Å². The molecule has 156 valence electrons. The molecular weight excluding hydrogens is 415 g/mol. The van der Waals surface area contributed by atoms with Gasteiger partial charge in [-0.2, -0.15) is 0 Å². The van der Waals surface area contributed by atoms with Crippen LogP contribution in [0.3, 0.4) is 0 Å². The van der Waals surface area contributed by atoms with Crippen molar-refractivity contribution in [2.45, 2.75) is 6.42 Å². The number of nitrogens with zero attached hydrogens (tertiary/aromatic N) is 3. The van der Waals surface area contributed by atoms with Crippen LogP contribution in [-0.4, -0.2) is 21.1 Å². The Kier molecular flexibility index (Phi) is 6.09. The maximum Gasteiger partial charge on any atom is 0.263 e. The molecule has 4 aromatic rings. The SMILES string of the molecule is Cn1c(NCCc2ccccc2Cl)nc(-c2ccncc2)c(-c2ccc(F)cc2)c1=O. The summed E-state index contributed by atoms with van der Waals surface area (Å²) >= 11 is 6.24. The van der Waals surface area contributed by atoms with E-state index in [1.165, 1.54) is 16.7 Å². The third-order valence-corrected chi connectivity index (χ3v) is 5.38. The zero-order chi connectivity index (χ0) is 21.8. The average Bonchev–Trinajstić information content (AvgIpc) is 2.79. The molecule has 0 atom stereocenters. The van der Waals surface area contributed by atoms with Crippen LogP contribution in [0.25, 0.3) is 22.4 Å². The Balaban J connectivity index is 1.74. The first-order chi connectivity index (χ1) is 15.0. The van der Waals surface area contributed by atoms with Crippen molar-refractivity contribution in [3.05, 3.63) is 99.8 Å². The number of hydrogen-bond acceptors (Lipinski definition) is 4. The van der Waals surface area contributed by atoms with Gasteiger partial charge in [0, 0.05) is 36.6 Å². The van der Waals surface area contributed by atoms with Gasteiger partial charge in [-0.05, 0) is 47.9 Å². The maximum absolute atomic E-state index is 13.5. The highest BCUT2D eigenvalue weighted by molar-refractivity contribution is 6.31. The van der Waals surface area contributed by atoms with Crippen LogP contribution in [0.2, 0.25) is 5.02 Å². The summed E-state index contributed by atoms with van der Waals surface area (Å²) in [6.07, 6.45) is 3.97. The van der Waals surface area contributed by atoms with E-state index in [1.807, 2.05) is 24.3 Å². The molecule has 5 nitrogen and oxygen atoms in total. The van der Waals surface area contributed by atoms with Gasteiger partial charge in [0.25, 0.3) is 5.56 Å². The summed E-state index contributed by atoms with van der Waals surface area (Å²) < 4.78 is 14.9. The van der Waals surface area contributed by atoms with Gasteiger partial charge in [0.2, 0.25) is 5.95 Å². The Morgan fingerprint density at radius 3 is 2.42 bits per heavy atom. The van der Waals surface area contributed by atoms with Crippen LogP contribution >= 0.6 is 11.6 Å². The third-order valence-electron chi connectivity index (χ3n) is 5.01. The van der Waals surface area contributed by atoms with Crippen molar-refractivity contribution < 1.29 is 4.39 Å². The molecule has 0 aliphatic carbocycles. The normalized spacial score (nSPS) is 10.8. The Labute approximate surface area is 184 Å². The first kappa shape index (κ1) is 20.8. The molecular formula is C24H20ClFN4O. The molecule has 2 heterocycles. The van der Waals surface area contributed by atoms with Crippen molar-refractivity contribution in [2.24, 2.45) is 7.05 Å². The van der Waals surface area contributed by atoms with Gasteiger partial charge in [-0.15, -0.1) is 0 Å². The standard InChI is InChI=1S/C24H20ClFN4O/c1-30-23(31)21(17-6-8-19(26)9-7-17)22(18-10-13-27-14-11-18)29-24(30)28-15-12-16-4-2-3-5-20(16)25/h2-11,13-14H,12,15H2,1H3,(H,28,29). The van der Waals surface area contributed by atoms with Crippen molar-refractivity contribution in [2.75, 3.05) is 11.9 Å². The van der Waals surface area contributed by atoms with E-state index < -0.39 is 0 Å². The summed E-state index contributed by atoms with van der Waals surface area (Å²) in [5.41, 5.74) is 3.06. The molecule has 0 spiro atoms. The first-order valence-corrected chi connectivity index (χ1v) is 10.2. The van der Waals surface area contributed by atoms with Crippen LogP contribution in [0.4, 0.5) is 10.3 Å². The lowest BCUT2D eigenvalue weighted by molar-refractivity contribution is 0.628. The lowest BCUT2D eigenvalue weighted by Crippen LogP contribution is -2.25. The Morgan fingerprint density at radius 1 is 1.00 bits per heavy atom. The molecule has 31 heavy (non-hydrogen) atoms. The molecule has 0 saturated heterocycles. The number of benzene rings is 2. The Morgan fingerprint density at radius 2 is 1.71 bits per heavy atom. The van der Waals surface area contributed by atoms with E-state index in [0.717, 1.165) is 11.1 Å². The highest BCUT2D eigenvalue weighted by atomic mass is 35.5. The predicted octanol–water partition coefficient (Wildman–Crippen LogP) is 4.96. The summed E-state index contributed by atoms with van der Waals surface area (Å²) in [5.74, 6) is 0.0755. The first-order valence-electron chi connectivity index (χ1n) is 9.79. The second-order valence-corrected chi connectivity index (χ2v) is 7.44. The van der Waals surface area contributed by atoms with Gasteiger partial charge in [-0.25, -0.2) is 9.37 Å². The molecule has 0 aliphatic heterocycles. The van der Waals surface area contributed by atoms with E-state index in [-0.39, 0.29) is 11.4 Å². The summed E-state index contributed by atoms with van der Waals surface area (Å²) in [6, 6.07) is 17.1. The molecule has 0 unspecified atom stereocenters. The van der Waals surface area contributed by atoms with Gasteiger partial charge in [-0.3, -0.25) is 14.3 Å². The molecule has 0 bridgehead atoms. The predicted molar refractivity (Wildman–Crippen MR) is 122 cm³/mol. The molecule has 0 radical (unpaired) electrons. The number of pyridine rings is 1. The highest BCUT2D eigenvalue weighted by Crippen LogP contribution is 2.28. The topological polar surface area (TPSA) is 59.8 Å². The fraction of sp³-hybridized carbons (Fsp3) is 0.125. The van der Waals surface area contributed by atoms with Crippen molar-refractivity contribution in [3.8, 4) is 22.4 Å². The summed E-state index contributed by atoms with van der Waals surface area (Å²) in [7, 11) is 1.66. The number of hydrogen-bond donors (Lipinski definition) is 1. The number of anilines is 1.